The van der Waals surface area contributed by atoms with Crippen LogP contribution in [0.5, 0.6) is 0 Å². The number of ether oxygens (including phenoxy) is 1. The molecule has 1 atom stereocenters. The van der Waals surface area contributed by atoms with E-state index in [0.717, 1.165) is 18.8 Å². The fourth-order valence-corrected chi connectivity index (χ4v) is 4.11. The second-order valence-corrected chi connectivity index (χ2v) is 6.46. The zero-order chi connectivity index (χ0) is 13.0. The Balaban J connectivity index is 1.94. The van der Waals surface area contributed by atoms with Crippen molar-refractivity contribution in [3.8, 4) is 0 Å². The van der Waals surface area contributed by atoms with Crippen LogP contribution in [-0.4, -0.2) is 23.9 Å². The van der Waals surface area contributed by atoms with Crippen LogP contribution in [0, 0.1) is 11.8 Å². The topological polar surface area (TPSA) is 29.5 Å². The number of aliphatic hydroxyl groups is 1. The number of rotatable bonds is 4. The zero-order valence-corrected chi connectivity index (χ0v) is 12.2. The molecule has 0 spiro atoms. The van der Waals surface area contributed by atoms with Gasteiger partial charge in [-0.1, -0.05) is 45.4 Å². The molecule has 0 aliphatic heterocycles. The highest BCUT2D eigenvalue weighted by molar-refractivity contribution is 4.95. The molecule has 1 N–H and O–H groups in total. The van der Waals surface area contributed by atoms with Crippen LogP contribution >= 0.6 is 0 Å². The van der Waals surface area contributed by atoms with Gasteiger partial charge in [0.2, 0.25) is 0 Å². The normalized spacial score (nSPS) is 34.2. The molecule has 2 fully saturated rings. The molecular weight excluding hydrogens is 224 g/mol. The highest BCUT2D eigenvalue weighted by atomic mass is 16.5. The molecule has 2 nitrogen and oxygen atoms in total. The van der Waals surface area contributed by atoms with Crippen molar-refractivity contribution >= 4 is 0 Å². The Morgan fingerprint density at radius 1 is 1.11 bits per heavy atom. The van der Waals surface area contributed by atoms with Crippen molar-refractivity contribution in [1.29, 1.82) is 0 Å². The third-order valence-corrected chi connectivity index (χ3v) is 5.56. The van der Waals surface area contributed by atoms with E-state index in [1.54, 1.807) is 7.11 Å². The van der Waals surface area contributed by atoms with Crippen molar-refractivity contribution in [3.63, 3.8) is 0 Å². The first-order valence-electron chi connectivity index (χ1n) is 7.95. The van der Waals surface area contributed by atoms with Gasteiger partial charge in [0.1, 0.15) is 0 Å². The van der Waals surface area contributed by atoms with E-state index in [1.807, 2.05) is 0 Å². The summed E-state index contributed by atoms with van der Waals surface area (Å²) >= 11 is 0. The third kappa shape index (κ3) is 2.91. The first-order chi connectivity index (χ1) is 8.72. The molecule has 2 rings (SSSR count). The van der Waals surface area contributed by atoms with Crippen LogP contribution in [0.2, 0.25) is 0 Å². The van der Waals surface area contributed by atoms with Gasteiger partial charge in [0, 0.05) is 7.11 Å². The highest BCUT2D eigenvalue weighted by Gasteiger charge is 2.43. The summed E-state index contributed by atoms with van der Waals surface area (Å²) in [5.41, 5.74) is -0.220. The molecule has 18 heavy (non-hydrogen) atoms. The maximum absolute atomic E-state index is 10.8. The summed E-state index contributed by atoms with van der Waals surface area (Å²) in [6, 6.07) is 0. The second-order valence-electron chi connectivity index (χ2n) is 6.46. The minimum atomic E-state index is -0.236. The summed E-state index contributed by atoms with van der Waals surface area (Å²) in [7, 11) is 1.80. The average molecular weight is 254 g/mol. The standard InChI is InChI=1S/C16H30O2/c1-3-13-7-9-14(10-8-13)15(17)16(18-2)11-5-4-6-12-16/h13-15,17H,3-12H2,1-2H3. The van der Waals surface area contributed by atoms with E-state index in [1.165, 1.54) is 51.4 Å². The monoisotopic (exact) mass is 254 g/mol. The van der Waals surface area contributed by atoms with Gasteiger partial charge < -0.3 is 9.84 Å². The minimum absolute atomic E-state index is 0.220. The fraction of sp³-hybridized carbons (Fsp3) is 1.00. The Labute approximate surface area is 112 Å². The van der Waals surface area contributed by atoms with Gasteiger partial charge in [0.05, 0.1) is 11.7 Å². The van der Waals surface area contributed by atoms with E-state index < -0.39 is 0 Å². The van der Waals surface area contributed by atoms with Crippen LogP contribution in [0.15, 0.2) is 0 Å². The molecule has 0 aromatic carbocycles. The van der Waals surface area contributed by atoms with Gasteiger partial charge in [0.25, 0.3) is 0 Å². The largest absolute Gasteiger partial charge is 0.390 e. The van der Waals surface area contributed by atoms with Crippen molar-refractivity contribution in [3.05, 3.63) is 0 Å². The smallest absolute Gasteiger partial charge is 0.0939 e. The fourth-order valence-electron chi connectivity index (χ4n) is 4.11. The van der Waals surface area contributed by atoms with Crippen LogP contribution in [0.25, 0.3) is 0 Å². The lowest BCUT2D eigenvalue weighted by Crippen LogP contribution is -2.50. The highest BCUT2D eigenvalue weighted by Crippen LogP contribution is 2.41. The summed E-state index contributed by atoms with van der Waals surface area (Å²) in [4.78, 5) is 0. The summed E-state index contributed by atoms with van der Waals surface area (Å²) in [6.45, 7) is 2.29. The lowest BCUT2D eigenvalue weighted by atomic mass is 9.70. The van der Waals surface area contributed by atoms with Crippen LogP contribution in [0.1, 0.15) is 71.1 Å². The molecule has 2 saturated carbocycles. The molecule has 106 valence electrons. The first-order valence-corrected chi connectivity index (χ1v) is 7.95. The molecule has 0 radical (unpaired) electrons. The Morgan fingerprint density at radius 3 is 2.22 bits per heavy atom. The Morgan fingerprint density at radius 2 is 1.72 bits per heavy atom. The number of methoxy groups -OCH3 is 1. The summed E-state index contributed by atoms with van der Waals surface area (Å²) in [5.74, 6) is 1.38. The maximum atomic E-state index is 10.8. The molecule has 0 aromatic heterocycles. The predicted molar refractivity (Wildman–Crippen MR) is 74.6 cm³/mol. The van der Waals surface area contributed by atoms with Crippen molar-refractivity contribution in [2.75, 3.05) is 7.11 Å². The molecule has 0 aromatic rings. The summed E-state index contributed by atoms with van der Waals surface area (Å²) in [6.07, 6.45) is 11.9. The van der Waals surface area contributed by atoms with Gasteiger partial charge in [-0.2, -0.15) is 0 Å². The molecule has 0 amide bonds. The summed E-state index contributed by atoms with van der Waals surface area (Å²) in [5, 5.41) is 10.8. The predicted octanol–water partition coefficient (Wildman–Crippen LogP) is 3.91. The van der Waals surface area contributed by atoms with Gasteiger partial charge in [-0.15, -0.1) is 0 Å². The van der Waals surface area contributed by atoms with Gasteiger partial charge in [0.15, 0.2) is 0 Å². The third-order valence-electron chi connectivity index (χ3n) is 5.56. The number of hydrogen-bond donors (Lipinski definition) is 1. The molecule has 2 heteroatoms. The molecule has 1 unspecified atom stereocenters. The van der Waals surface area contributed by atoms with Gasteiger partial charge in [-0.25, -0.2) is 0 Å². The number of aliphatic hydroxyl groups excluding tert-OH is 1. The van der Waals surface area contributed by atoms with Crippen molar-refractivity contribution < 1.29 is 9.84 Å². The van der Waals surface area contributed by atoms with Gasteiger partial charge in [-0.05, 0) is 37.5 Å². The van der Waals surface area contributed by atoms with Gasteiger partial charge >= 0.3 is 0 Å². The van der Waals surface area contributed by atoms with Gasteiger partial charge in [-0.3, -0.25) is 0 Å². The number of hydrogen-bond acceptors (Lipinski definition) is 2. The van der Waals surface area contributed by atoms with Crippen LogP contribution in [-0.2, 0) is 4.74 Å². The quantitative estimate of drug-likeness (QED) is 0.824. The van der Waals surface area contributed by atoms with Crippen molar-refractivity contribution in [1.82, 2.24) is 0 Å². The van der Waals surface area contributed by atoms with Crippen LogP contribution < -0.4 is 0 Å². The van der Waals surface area contributed by atoms with Crippen LogP contribution in [0.3, 0.4) is 0 Å². The van der Waals surface area contributed by atoms with E-state index in [-0.39, 0.29) is 11.7 Å². The van der Waals surface area contributed by atoms with E-state index in [0.29, 0.717) is 5.92 Å². The first kappa shape index (κ1) is 14.3. The lowest BCUT2D eigenvalue weighted by Gasteiger charge is -2.44. The molecular formula is C16H30O2. The van der Waals surface area contributed by atoms with E-state index in [9.17, 15) is 5.11 Å². The Bertz CT molecular complexity index is 237. The van der Waals surface area contributed by atoms with Crippen molar-refractivity contribution in [2.24, 2.45) is 11.8 Å². The molecule has 0 saturated heterocycles. The van der Waals surface area contributed by atoms with E-state index >= 15 is 0 Å². The average Bonchev–Trinajstić information content (AvgIpc) is 2.47. The van der Waals surface area contributed by atoms with E-state index in [2.05, 4.69) is 6.92 Å². The van der Waals surface area contributed by atoms with Crippen molar-refractivity contribution in [2.45, 2.75) is 82.8 Å². The maximum Gasteiger partial charge on any atom is 0.0939 e. The second kappa shape index (κ2) is 6.38. The molecule has 0 bridgehead atoms. The SMILES string of the molecule is CCC1CCC(C(O)C2(OC)CCCCC2)CC1. The molecule has 0 heterocycles. The molecule has 2 aliphatic rings. The Kier molecular flexibility index (Phi) is 5.08. The van der Waals surface area contributed by atoms with Crippen LogP contribution in [0.4, 0.5) is 0 Å². The lowest BCUT2D eigenvalue weighted by molar-refractivity contribution is -0.147. The van der Waals surface area contributed by atoms with E-state index in [4.69, 9.17) is 4.74 Å². The zero-order valence-electron chi connectivity index (χ0n) is 12.2. The summed E-state index contributed by atoms with van der Waals surface area (Å²) < 4.78 is 5.80. The molecule has 2 aliphatic carbocycles. The minimum Gasteiger partial charge on any atom is -0.390 e. The Hall–Kier alpha value is -0.0800.